The predicted octanol–water partition coefficient (Wildman–Crippen LogP) is 1.64. The molecule has 1 aromatic heterocycles. The molecule has 2 unspecified atom stereocenters. The van der Waals surface area contributed by atoms with Crippen molar-refractivity contribution in [3.63, 3.8) is 0 Å². The van der Waals surface area contributed by atoms with E-state index in [-0.39, 0.29) is 12.1 Å². The Bertz CT molecular complexity index is 444. The normalized spacial score (nSPS) is 22.1. The second-order valence-electron chi connectivity index (χ2n) is 5.09. The van der Waals surface area contributed by atoms with Gasteiger partial charge < -0.3 is 10.1 Å². The second kappa shape index (κ2) is 6.94. The number of hydrogen-bond acceptors (Lipinski definition) is 8. The molecule has 2 atom stereocenters. The third-order valence-corrected chi connectivity index (χ3v) is 4.23. The number of anilines is 2. The number of thioether (sulfide) groups is 1. The number of nitrogen functional groups attached to an aromatic ring is 1. The van der Waals surface area contributed by atoms with Gasteiger partial charge in [-0.05, 0) is 39.4 Å². The van der Waals surface area contributed by atoms with Crippen molar-refractivity contribution in [3.8, 4) is 6.01 Å². The molecule has 1 saturated carbocycles. The Balaban J connectivity index is 2.06. The summed E-state index contributed by atoms with van der Waals surface area (Å²) < 4.78 is 5.50. The Labute approximate surface area is 123 Å². The maximum absolute atomic E-state index is 5.50. The molecule has 0 amide bonds. The number of hydrazine groups is 1. The summed E-state index contributed by atoms with van der Waals surface area (Å²) in [6.45, 7) is 3.85. The average molecular weight is 298 g/mol. The van der Waals surface area contributed by atoms with Crippen molar-refractivity contribution in [1.82, 2.24) is 15.0 Å². The highest BCUT2D eigenvalue weighted by atomic mass is 32.2. The van der Waals surface area contributed by atoms with Crippen LogP contribution in [0.1, 0.15) is 33.1 Å². The number of nitrogens with zero attached hydrogens (tertiary/aromatic N) is 3. The molecule has 0 aromatic carbocycles. The van der Waals surface area contributed by atoms with E-state index >= 15 is 0 Å². The molecule has 1 fully saturated rings. The summed E-state index contributed by atoms with van der Waals surface area (Å²) in [6.07, 6.45) is 5.63. The fourth-order valence-electron chi connectivity index (χ4n) is 2.22. The summed E-state index contributed by atoms with van der Waals surface area (Å²) in [5.74, 6) is 6.19. The van der Waals surface area contributed by atoms with E-state index < -0.39 is 0 Å². The Hall–Kier alpha value is -1.28. The van der Waals surface area contributed by atoms with Gasteiger partial charge in [-0.25, -0.2) is 5.84 Å². The Morgan fingerprint density at radius 1 is 1.25 bits per heavy atom. The van der Waals surface area contributed by atoms with Crippen molar-refractivity contribution < 1.29 is 4.74 Å². The molecule has 0 saturated heterocycles. The van der Waals surface area contributed by atoms with Gasteiger partial charge in [-0.2, -0.15) is 26.7 Å². The zero-order valence-corrected chi connectivity index (χ0v) is 12.9. The first-order chi connectivity index (χ1) is 9.60. The van der Waals surface area contributed by atoms with Gasteiger partial charge in [0.1, 0.15) is 0 Å². The van der Waals surface area contributed by atoms with Crippen molar-refractivity contribution in [1.29, 1.82) is 0 Å². The van der Waals surface area contributed by atoms with Gasteiger partial charge in [0, 0.05) is 11.3 Å². The Morgan fingerprint density at radius 2 is 2.00 bits per heavy atom. The van der Waals surface area contributed by atoms with E-state index in [1.807, 2.05) is 25.6 Å². The molecule has 7 nitrogen and oxygen atoms in total. The summed E-state index contributed by atoms with van der Waals surface area (Å²) in [5, 5.41) is 4.06. The van der Waals surface area contributed by atoms with Crippen molar-refractivity contribution >= 4 is 23.7 Å². The highest BCUT2D eigenvalue weighted by Crippen LogP contribution is 2.29. The van der Waals surface area contributed by atoms with Crippen LogP contribution >= 0.6 is 11.8 Å². The predicted molar refractivity (Wildman–Crippen MR) is 82.0 cm³/mol. The lowest BCUT2D eigenvalue weighted by Crippen LogP contribution is -2.21. The van der Waals surface area contributed by atoms with Gasteiger partial charge >= 0.3 is 6.01 Å². The highest BCUT2D eigenvalue weighted by molar-refractivity contribution is 7.99. The van der Waals surface area contributed by atoms with Crippen LogP contribution < -0.4 is 21.3 Å². The zero-order valence-electron chi connectivity index (χ0n) is 12.1. The first-order valence-electron chi connectivity index (χ1n) is 6.79. The van der Waals surface area contributed by atoms with E-state index in [9.17, 15) is 0 Å². The molecule has 1 aromatic rings. The minimum Gasteiger partial charge on any atom is -0.461 e. The molecule has 1 heterocycles. The summed E-state index contributed by atoms with van der Waals surface area (Å²) in [6, 6.07) is 0.678. The number of rotatable bonds is 6. The highest BCUT2D eigenvalue weighted by Gasteiger charge is 2.24. The number of aromatic nitrogens is 3. The first-order valence-corrected chi connectivity index (χ1v) is 8.08. The minimum atomic E-state index is 0.00299. The molecule has 0 bridgehead atoms. The quantitative estimate of drug-likeness (QED) is 0.538. The number of nitrogens with two attached hydrogens (primary N) is 1. The van der Waals surface area contributed by atoms with Crippen LogP contribution in [-0.4, -0.2) is 38.6 Å². The van der Waals surface area contributed by atoms with Crippen LogP contribution in [0.3, 0.4) is 0 Å². The lowest BCUT2D eigenvalue weighted by Gasteiger charge is -2.14. The molecule has 1 aliphatic carbocycles. The van der Waals surface area contributed by atoms with Gasteiger partial charge in [-0.1, -0.05) is 0 Å². The number of nitrogens with one attached hydrogen (secondary N) is 2. The first kappa shape index (κ1) is 15.1. The van der Waals surface area contributed by atoms with E-state index in [2.05, 4.69) is 32.0 Å². The van der Waals surface area contributed by atoms with E-state index in [0.29, 0.717) is 23.2 Å². The standard InChI is InChI=1S/C12H22N6OS/c1-7(2)19-12-16-10(15-11(17-12)18-13)14-8-4-5-9(6-8)20-3/h7-9H,4-6,13H2,1-3H3,(H2,14,15,16,17,18). The number of ether oxygens (including phenoxy) is 1. The van der Waals surface area contributed by atoms with E-state index in [4.69, 9.17) is 10.6 Å². The fraction of sp³-hybridized carbons (Fsp3) is 0.750. The van der Waals surface area contributed by atoms with Gasteiger partial charge in [0.25, 0.3) is 0 Å². The zero-order chi connectivity index (χ0) is 14.5. The smallest absolute Gasteiger partial charge is 0.323 e. The van der Waals surface area contributed by atoms with Crippen molar-refractivity contribution in [2.75, 3.05) is 17.0 Å². The molecule has 4 N–H and O–H groups in total. The molecule has 0 aliphatic heterocycles. The number of hydrogen-bond donors (Lipinski definition) is 3. The SMILES string of the molecule is CSC1CCC(Nc2nc(NN)nc(OC(C)C)n2)C1. The average Bonchev–Trinajstić information content (AvgIpc) is 2.85. The summed E-state index contributed by atoms with van der Waals surface area (Å²) in [7, 11) is 0. The van der Waals surface area contributed by atoms with Gasteiger partial charge in [-0.15, -0.1) is 0 Å². The molecule has 2 rings (SSSR count). The van der Waals surface area contributed by atoms with Gasteiger partial charge in [0.2, 0.25) is 11.9 Å². The van der Waals surface area contributed by atoms with Crippen LogP contribution in [0, 0.1) is 0 Å². The monoisotopic (exact) mass is 298 g/mol. The maximum Gasteiger partial charge on any atom is 0.323 e. The molecular formula is C12H22N6OS. The van der Waals surface area contributed by atoms with Gasteiger partial charge in [0.15, 0.2) is 0 Å². The summed E-state index contributed by atoms with van der Waals surface area (Å²) in [5.41, 5.74) is 2.44. The van der Waals surface area contributed by atoms with Crippen molar-refractivity contribution in [3.05, 3.63) is 0 Å². The van der Waals surface area contributed by atoms with Crippen LogP contribution in [0.4, 0.5) is 11.9 Å². The molecule has 0 radical (unpaired) electrons. The van der Waals surface area contributed by atoms with Crippen LogP contribution in [0.5, 0.6) is 6.01 Å². The third kappa shape index (κ3) is 4.11. The molecule has 8 heteroatoms. The summed E-state index contributed by atoms with van der Waals surface area (Å²) in [4.78, 5) is 12.6. The van der Waals surface area contributed by atoms with Crippen molar-refractivity contribution in [2.45, 2.75) is 50.5 Å². The molecule has 112 valence electrons. The maximum atomic E-state index is 5.50. The molecular weight excluding hydrogens is 276 g/mol. The van der Waals surface area contributed by atoms with E-state index in [1.54, 1.807) is 0 Å². The van der Waals surface area contributed by atoms with E-state index in [0.717, 1.165) is 12.8 Å². The van der Waals surface area contributed by atoms with Crippen LogP contribution in [-0.2, 0) is 0 Å². The lowest BCUT2D eigenvalue weighted by atomic mass is 10.2. The molecule has 20 heavy (non-hydrogen) atoms. The fourth-order valence-corrected chi connectivity index (χ4v) is 3.01. The van der Waals surface area contributed by atoms with Crippen LogP contribution in [0.15, 0.2) is 0 Å². The Morgan fingerprint density at radius 3 is 2.60 bits per heavy atom. The Kier molecular flexibility index (Phi) is 5.24. The second-order valence-corrected chi connectivity index (χ2v) is 6.23. The topological polar surface area (TPSA) is 98.0 Å². The van der Waals surface area contributed by atoms with Crippen LogP contribution in [0.2, 0.25) is 0 Å². The minimum absolute atomic E-state index is 0.00299. The van der Waals surface area contributed by atoms with Crippen LogP contribution in [0.25, 0.3) is 0 Å². The third-order valence-electron chi connectivity index (χ3n) is 3.14. The van der Waals surface area contributed by atoms with E-state index in [1.165, 1.54) is 6.42 Å². The lowest BCUT2D eigenvalue weighted by molar-refractivity contribution is 0.222. The summed E-state index contributed by atoms with van der Waals surface area (Å²) >= 11 is 1.92. The van der Waals surface area contributed by atoms with Crippen molar-refractivity contribution in [2.24, 2.45) is 5.84 Å². The molecule has 0 spiro atoms. The molecule has 1 aliphatic rings. The largest absolute Gasteiger partial charge is 0.461 e. The van der Waals surface area contributed by atoms with Gasteiger partial charge in [-0.3, -0.25) is 5.43 Å². The van der Waals surface area contributed by atoms with Gasteiger partial charge in [0.05, 0.1) is 6.10 Å².